The minimum absolute atomic E-state index is 0.0319. The molecule has 2 aromatic heterocycles. The molecule has 1 aliphatic rings. The highest BCUT2D eigenvalue weighted by Gasteiger charge is 2.38. The Balaban J connectivity index is 2.03. The molecular formula is C31H48N6S. The smallest absolute Gasteiger partial charge is 0.155 e. The first kappa shape index (κ1) is 29.6. The van der Waals surface area contributed by atoms with E-state index in [-0.39, 0.29) is 11.0 Å². The normalized spacial score (nSPS) is 17.9. The molecule has 1 unspecified atom stereocenters. The summed E-state index contributed by atoms with van der Waals surface area (Å²) in [4.78, 5) is 8.57. The van der Waals surface area contributed by atoms with Crippen molar-refractivity contribution in [3.63, 3.8) is 0 Å². The van der Waals surface area contributed by atoms with Gasteiger partial charge in [-0.3, -0.25) is 0 Å². The molecule has 1 atom stereocenters. The molecule has 38 heavy (non-hydrogen) atoms. The van der Waals surface area contributed by atoms with E-state index in [0.29, 0.717) is 5.92 Å². The molecular weight excluding hydrogens is 488 g/mol. The minimum atomic E-state index is -1.90. The lowest BCUT2D eigenvalue weighted by Crippen LogP contribution is -2.39. The maximum atomic E-state index is 5.19. The Kier molecular flexibility index (Phi) is 8.61. The van der Waals surface area contributed by atoms with E-state index in [1.54, 1.807) is 0 Å². The van der Waals surface area contributed by atoms with Crippen LogP contribution in [0.15, 0.2) is 54.2 Å². The highest BCUT2D eigenvalue weighted by molar-refractivity contribution is 8.29. The van der Waals surface area contributed by atoms with Gasteiger partial charge in [-0.05, 0) is 75.1 Å². The zero-order chi connectivity index (χ0) is 28.5. The van der Waals surface area contributed by atoms with Crippen LogP contribution in [0.3, 0.4) is 0 Å². The van der Waals surface area contributed by atoms with Crippen molar-refractivity contribution in [1.82, 2.24) is 24.8 Å². The third kappa shape index (κ3) is 6.93. The highest BCUT2D eigenvalue weighted by atomic mass is 32.2. The number of allylic oxidation sites excluding steroid dienone is 1. The molecule has 0 amide bonds. The van der Waals surface area contributed by atoms with Crippen molar-refractivity contribution in [2.45, 2.75) is 73.3 Å². The van der Waals surface area contributed by atoms with Gasteiger partial charge in [-0.15, -0.1) is 9.39 Å². The molecule has 0 bridgehead atoms. The van der Waals surface area contributed by atoms with Gasteiger partial charge >= 0.3 is 0 Å². The Labute approximate surface area is 231 Å². The van der Waals surface area contributed by atoms with Crippen LogP contribution in [0.5, 0.6) is 0 Å². The van der Waals surface area contributed by atoms with Gasteiger partial charge in [-0.2, -0.15) is 5.10 Å². The number of pyridine rings is 1. The predicted molar refractivity (Wildman–Crippen MR) is 170 cm³/mol. The molecule has 0 aromatic carbocycles. The molecule has 6 nitrogen and oxygen atoms in total. The van der Waals surface area contributed by atoms with Gasteiger partial charge in [-0.25, -0.2) is 9.67 Å². The van der Waals surface area contributed by atoms with Crippen molar-refractivity contribution in [1.29, 1.82) is 0 Å². The molecule has 1 fully saturated rings. The van der Waals surface area contributed by atoms with Crippen molar-refractivity contribution >= 4 is 32.6 Å². The zero-order valence-corrected chi connectivity index (χ0v) is 25.6. The Morgan fingerprint density at radius 3 is 2.45 bits per heavy atom. The Bertz CT molecular complexity index is 1320. The fourth-order valence-corrected chi connectivity index (χ4v) is 6.84. The summed E-state index contributed by atoms with van der Waals surface area (Å²) in [7, 11) is -0.0332. The maximum absolute atomic E-state index is 5.19. The first-order chi connectivity index (χ1) is 17.5. The average Bonchev–Trinajstić information content (AvgIpc) is 3.37. The van der Waals surface area contributed by atoms with Gasteiger partial charge in [-0.1, -0.05) is 52.6 Å². The number of nitrogens with one attached hydrogen (secondary N) is 2. The first-order valence-electron chi connectivity index (χ1n) is 13.4. The fraction of sp³-hybridized carbons (Fsp3) is 0.484. The van der Waals surface area contributed by atoms with Crippen LogP contribution >= 0.6 is 9.39 Å². The van der Waals surface area contributed by atoms with Crippen molar-refractivity contribution < 1.29 is 0 Å². The molecule has 0 saturated carbocycles. The van der Waals surface area contributed by atoms with Crippen LogP contribution in [-0.4, -0.2) is 45.6 Å². The number of aromatic nitrogens is 3. The zero-order valence-electron chi connectivity index (χ0n) is 24.8. The number of aryl methyl sites for hydroxylation is 1. The molecule has 0 spiro atoms. The molecule has 7 heteroatoms. The van der Waals surface area contributed by atoms with E-state index in [1.807, 2.05) is 37.1 Å². The maximum Gasteiger partial charge on any atom is 0.155 e. The van der Waals surface area contributed by atoms with Crippen LogP contribution in [0.4, 0.5) is 5.82 Å². The predicted octanol–water partition coefficient (Wildman–Crippen LogP) is 6.65. The van der Waals surface area contributed by atoms with E-state index in [2.05, 4.69) is 93.5 Å². The van der Waals surface area contributed by atoms with E-state index in [0.717, 1.165) is 64.9 Å². The number of hydrogen-bond acceptors (Lipinski definition) is 5. The lowest BCUT2D eigenvalue weighted by molar-refractivity contribution is 0.376. The summed E-state index contributed by atoms with van der Waals surface area (Å²) in [5.41, 5.74) is 3.95. The van der Waals surface area contributed by atoms with Gasteiger partial charge in [0.2, 0.25) is 0 Å². The Hall–Kier alpha value is -2.93. The van der Waals surface area contributed by atoms with Crippen molar-refractivity contribution in [2.24, 2.45) is 11.3 Å². The number of hydrogen-bond donors (Lipinski definition) is 2. The lowest BCUT2D eigenvalue weighted by atomic mass is 9.90. The van der Waals surface area contributed by atoms with Crippen molar-refractivity contribution in [2.75, 3.05) is 18.5 Å². The van der Waals surface area contributed by atoms with Crippen LogP contribution in [0, 0.1) is 11.3 Å². The molecule has 3 heterocycles. The fourth-order valence-electron chi connectivity index (χ4n) is 5.14. The van der Waals surface area contributed by atoms with Crippen LogP contribution in [0.25, 0.3) is 11.5 Å². The summed E-state index contributed by atoms with van der Waals surface area (Å²) < 4.78 is 5.43. The van der Waals surface area contributed by atoms with Crippen LogP contribution < -0.4 is 14.9 Å². The molecule has 208 valence electrons. The van der Waals surface area contributed by atoms with Crippen LogP contribution in [0.2, 0.25) is 0 Å². The van der Waals surface area contributed by atoms with Crippen molar-refractivity contribution in [3.8, 4) is 5.82 Å². The van der Waals surface area contributed by atoms with Gasteiger partial charge < -0.3 is 14.9 Å². The van der Waals surface area contributed by atoms with Gasteiger partial charge in [0.1, 0.15) is 5.82 Å². The van der Waals surface area contributed by atoms with E-state index in [1.165, 1.54) is 0 Å². The SMILES string of the molecule is C=C(C)/C(=C\NC)S(=C)(=C)NC(=C)c1ccc(-n2ccc(CCC(C)(C)C)n2)nc1N1CC(C)CC1(C)C. The molecule has 3 rings (SSSR count). The van der Waals surface area contributed by atoms with Crippen LogP contribution in [0.1, 0.15) is 72.6 Å². The van der Waals surface area contributed by atoms with Crippen molar-refractivity contribution in [3.05, 3.63) is 65.5 Å². The van der Waals surface area contributed by atoms with Gasteiger partial charge in [0.05, 0.1) is 5.69 Å². The second-order valence-electron chi connectivity index (χ2n) is 12.6. The summed E-state index contributed by atoms with van der Waals surface area (Å²) in [6, 6.07) is 6.21. The minimum Gasteiger partial charge on any atom is -0.393 e. The lowest BCUT2D eigenvalue weighted by Gasteiger charge is -2.35. The first-order valence-corrected chi connectivity index (χ1v) is 15.3. The Morgan fingerprint density at radius 2 is 1.89 bits per heavy atom. The number of rotatable bonds is 10. The average molecular weight is 537 g/mol. The monoisotopic (exact) mass is 536 g/mol. The van der Waals surface area contributed by atoms with E-state index in [4.69, 9.17) is 10.1 Å². The van der Waals surface area contributed by atoms with Gasteiger partial charge in [0.25, 0.3) is 0 Å². The third-order valence-electron chi connectivity index (χ3n) is 6.96. The van der Waals surface area contributed by atoms with Crippen LogP contribution in [-0.2, 0) is 6.42 Å². The molecule has 2 N–H and O–H groups in total. The number of anilines is 1. The van der Waals surface area contributed by atoms with Gasteiger partial charge in [0, 0.05) is 47.7 Å². The van der Waals surface area contributed by atoms with E-state index >= 15 is 0 Å². The third-order valence-corrected chi connectivity index (χ3v) is 8.91. The molecule has 2 aromatic rings. The second kappa shape index (κ2) is 11.0. The summed E-state index contributed by atoms with van der Waals surface area (Å²) >= 11 is 0. The Morgan fingerprint density at radius 1 is 1.21 bits per heavy atom. The standard InChI is InChI=1S/C31H48N6S/c1-22(2)27(20-32-10)38(11,12)35-24(4)26-13-14-28(33-29(26)36-21-23(3)19-31(36,8)9)37-18-16-25(34-37)15-17-30(5,6)7/h13-14,16,18,20,23,32,35H,1,4,11-12,15,17,19,21H2,2-3,5-10H3/b27-20+. The quantitative estimate of drug-likeness (QED) is 0.263. The van der Waals surface area contributed by atoms with E-state index < -0.39 is 9.39 Å². The summed E-state index contributed by atoms with van der Waals surface area (Å²) in [6.45, 7) is 25.1. The highest BCUT2D eigenvalue weighted by Crippen LogP contribution is 2.40. The summed E-state index contributed by atoms with van der Waals surface area (Å²) in [6.07, 6.45) is 7.06. The summed E-state index contributed by atoms with van der Waals surface area (Å²) in [5.74, 6) is 11.1. The molecule has 0 aliphatic carbocycles. The largest absolute Gasteiger partial charge is 0.393 e. The second-order valence-corrected chi connectivity index (χ2v) is 15.0. The number of nitrogens with zero attached hydrogens (tertiary/aromatic N) is 4. The molecule has 1 aliphatic heterocycles. The van der Waals surface area contributed by atoms with Gasteiger partial charge in [0.15, 0.2) is 5.82 Å². The molecule has 0 radical (unpaired) electrons. The van der Waals surface area contributed by atoms with E-state index in [9.17, 15) is 0 Å². The topological polar surface area (TPSA) is 58.0 Å². The summed E-state index contributed by atoms with van der Waals surface area (Å²) in [5, 5.41) is 7.96. The molecule has 1 saturated heterocycles.